The predicted octanol–water partition coefficient (Wildman–Crippen LogP) is 5.26. The van der Waals surface area contributed by atoms with Crippen LogP contribution in [0.4, 0.5) is 0 Å². The summed E-state index contributed by atoms with van der Waals surface area (Å²) in [7, 11) is 3.34. The normalized spacial score (nSPS) is 18.1. The highest BCUT2D eigenvalue weighted by atomic mass is 32.2. The number of ether oxygens (including phenoxy) is 2. The summed E-state index contributed by atoms with van der Waals surface area (Å²) in [6, 6.07) is 10.3. The van der Waals surface area contributed by atoms with E-state index < -0.39 is 0 Å². The number of fused-ring (bicyclic) bond motifs is 1. The van der Waals surface area contributed by atoms with E-state index in [1.807, 2.05) is 30.2 Å². The highest BCUT2D eigenvalue weighted by Gasteiger charge is 2.29. The maximum Gasteiger partial charge on any atom is 0.161 e. The van der Waals surface area contributed by atoms with Gasteiger partial charge >= 0.3 is 0 Å². The fourth-order valence-electron chi connectivity index (χ4n) is 3.42. The van der Waals surface area contributed by atoms with Crippen molar-refractivity contribution in [2.24, 2.45) is 5.92 Å². The number of hydrogen-bond donors (Lipinski definition) is 0. The first kappa shape index (κ1) is 17.0. The van der Waals surface area contributed by atoms with Gasteiger partial charge in [0.2, 0.25) is 0 Å². The number of rotatable bonds is 6. The van der Waals surface area contributed by atoms with Crippen molar-refractivity contribution in [1.82, 2.24) is 4.98 Å². The molecule has 4 heteroatoms. The van der Waals surface area contributed by atoms with Gasteiger partial charge in [0.15, 0.2) is 11.5 Å². The number of allylic oxidation sites excluding steroid dienone is 6. The van der Waals surface area contributed by atoms with Crippen molar-refractivity contribution in [3.05, 3.63) is 81.9 Å². The lowest BCUT2D eigenvalue weighted by molar-refractivity contribution is 0.355. The second kappa shape index (κ2) is 7.42. The van der Waals surface area contributed by atoms with Gasteiger partial charge in [0.1, 0.15) is 0 Å². The molecule has 0 fully saturated rings. The Hall–Kier alpha value is -2.46. The second-order valence-corrected chi connectivity index (χ2v) is 7.53. The summed E-state index contributed by atoms with van der Waals surface area (Å²) in [6.45, 7) is 0. The van der Waals surface area contributed by atoms with Crippen LogP contribution in [0.2, 0.25) is 0 Å². The van der Waals surface area contributed by atoms with Gasteiger partial charge in [-0.2, -0.15) is 0 Å². The topological polar surface area (TPSA) is 31.4 Å². The summed E-state index contributed by atoms with van der Waals surface area (Å²) >= 11 is 1.92. The quantitative estimate of drug-likeness (QED) is 0.701. The van der Waals surface area contributed by atoms with Crippen LogP contribution < -0.4 is 9.47 Å². The molecule has 0 N–H and O–H groups in total. The van der Waals surface area contributed by atoms with Crippen molar-refractivity contribution in [1.29, 1.82) is 0 Å². The lowest BCUT2D eigenvalue weighted by atomic mass is 9.94. The maximum absolute atomic E-state index is 5.46. The first-order valence-electron chi connectivity index (χ1n) is 8.70. The van der Waals surface area contributed by atoms with E-state index in [9.17, 15) is 0 Å². The Morgan fingerprint density at radius 3 is 2.54 bits per heavy atom. The Labute approximate surface area is 158 Å². The average Bonchev–Trinajstić information content (AvgIpc) is 3.27. The molecule has 1 aliphatic heterocycles. The second-order valence-electron chi connectivity index (χ2n) is 6.33. The van der Waals surface area contributed by atoms with Gasteiger partial charge in [-0.05, 0) is 58.7 Å². The molecule has 1 aromatic heterocycles. The zero-order valence-electron chi connectivity index (χ0n) is 14.9. The Morgan fingerprint density at radius 2 is 1.77 bits per heavy atom. The highest BCUT2D eigenvalue weighted by molar-refractivity contribution is 8.07. The summed E-state index contributed by atoms with van der Waals surface area (Å²) in [4.78, 5) is 6.95. The van der Waals surface area contributed by atoms with E-state index in [4.69, 9.17) is 9.47 Å². The van der Waals surface area contributed by atoms with Crippen molar-refractivity contribution in [3.8, 4) is 11.5 Å². The van der Waals surface area contributed by atoms with Crippen LogP contribution in [0, 0.1) is 5.92 Å². The molecular formula is C22H21NO2S. The first-order valence-corrected chi connectivity index (χ1v) is 9.52. The molecule has 1 aliphatic carbocycles. The number of aromatic nitrogens is 1. The van der Waals surface area contributed by atoms with Gasteiger partial charge in [0.25, 0.3) is 0 Å². The summed E-state index contributed by atoms with van der Waals surface area (Å²) in [5.74, 6) is 1.90. The SMILES string of the molecule is COc1ccc(C2=CC=C3SC(CCc4ccncc4)=CC32)cc1OC. The summed E-state index contributed by atoms with van der Waals surface area (Å²) < 4.78 is 10.8. The van der Waals surface area contributed by atoms with Gasteiger partial charge in [-0.15, -0.1) is 0 Å². The largest absolute Gasteiger partial charge is 0.493 e. The Balaban J connectivity index is 1.50. The molecule has 2 aromatic rings. The van der Waals surface area contributed by atoms with Gasteiger partial charge < -0.3 is 9.47 Å². The van der Waals surface area contributed by atoms with E-state index in [1.54, 1.807) is 14.2 Å². The average molecular weight is 363 g/mol. The van der Waals surface area contributed by atoms with Crippen LogP contribution in [0.25, 0.3) is 5.57 Å². The number of nitrogens with zero attached hydrogens (tertiary/aromatic N) is 1. The molecule has 26 heavy (non-hydrogen) atoms. The molecule has 0 spiro atoms. The van der Waals surface area contributed by atoms with Crippen molar-refractivity contribution >= 4 is 17.3 Å². The van der Waals surface area contributed by atoms with E-state index in [1.165, 1.54) is 26.5 Å². The molecule has 2 heterocycles. The molecule has 2 aliphatic rings. The molecule has 1 atom stereocenters. The zero-order chi connectivity index (χ0) is 17.9. The zero-order valence-corrected chi connectivity index (χ0v) is 15.8. The van der Waals surface area contributed by atoms with E-state index in [2.05, 4.69) is 47.5 Å². The monoisotopic (exact) mass is 363 g/mol. The molecule has 0 bridgehead atoms. The van der Waals surface area contributed by atoms with Crippen LogP contribution in [-0.2, 0) is 6.42 Å². The van der Waals surface area contributed by atoms with Gasteiger partial charge in [-0.3, -0.25) is 4.98 Å². The molecule has 1 unspecified atom stereocenters. The van der Waals surface area contributed by atoms with E-state index in [0.29, 0.717) is 5.92 Å². The van der Waals surface area contributed by atoms with Crippen LogP contribution in [-0.4, -0.2) is 19.2 Å². The summed E-state index contributed by atoms with van der Waals surface area (Å²) in [5.41, 5.74) is 3.85. The highest BCUT2D eigenvalue weighted by Crippen LogP contribution is 2.51. The number of pyridine rings is 1. The molecule has 3 nitrogen and oxygen atoms in total. The molecule has 1 aromatic carbocycles. The van der Waals surface area contributed by atoms with Gasteiger partial charge in [-0.1, -0.05) is 36.1 Å². The Morgan fingerprint density at radius 1 is 0.962 bits per heavy atom. The molecule has 0 amide bonds. The lowest BCUT2D eigenvalue weighted by Gasteiger charge is -2.13. The molecule has 4 rings (SSSR count). The third kappa shape index (κ3) is 3.29. The number of benzene rings is 1. The van der Waals surface area contributed by atoms with Gasteiger partial charge in [0, 0.05) is 23.2 Å². The molecule has 0 saturated heterocycles. The fourth-order valence-corrected chi connectivity index (χ4v) is 4.59. The summed E-state index contributed by atoms with van der Waals surface area (Å²) in [5, 5.41) is 0. The Kier molecular flexibility index (Phi) is 4.85. The standard InChI is InChI=1S/C22H21NO2S/c1-24-20-7-4-16(13-21(20)25-2)18-6-8-22-19(18)14-17(26-22)5-3-15-9-11-23-12-10-15/h4,6-14,19H,3,5H2,1-2H3. The van der Waals surface area contributed by atoms with Crippen molar-refractivity contribution in [2.45, 2.75) is 12.8 Å². The van der Waals surface area contributed by atoms with Crippen LogP contribution in [0.3, 0.4) is 0 Å². The lowest BCUT2D eigenvalue weighted by Crippen LogP contribution is -1.97. The third-order valence-corrected chi connectivity index (χ3v) is 6.02. The Bertz CT molecular complexity index is 900. The van der Waals surface area contributed by atoms with E-state index >= 15 is 0 Å². The summed E-state index contributed by atoms with van der Waals surface area (Å²) in [6.07, 6.45) is 12.7. The van der Waals surface area contributed by atoms with Crippen LogP contribution in [0.1, 0.15) is 17.5 Å². The number of thioether (sulfide) groups is 1. The van der Waals surface area contributed by atoms with Gasteiger partial charge in [-0.25, -0.2) is 0 Å². The van der Waals surface area contributed by atoms with Crippen LogP contribution >= 0.6 is 11.8 Å². The number of methoxy groups -OCH3 is 2. The van der Waals surface area contributed by atoms with Crippen molar-refractivity contribution < 1.29 is 9.47 Å². The predicted molar refractivity (Wildman–Crippen MR) is 107 cm³/mol. The van der Waals surface area contributed by atoms with Crippen molar-refractivity contribution in [2.75, 3.05) is 14.2 Å². The van der Waals surface area contributed by atoms with Crippen LogP contribution in [0.15, 0.2) is 70.8 Å². The van der Waals surface area contributed by atoms with E-state index in [0.717, 1.165) is 24.3 Å². The number of aryl methyl sites for hydroxylation is 1. The molecule has 0 radical (unpaired) electrons. The van der Waals surface area contributed by atoms with Gasteiger partial charge in [0.05, 0.1) is 14.2 Å². The first-order chi connectivity index (χ1) is 12.8. The van der Waals surface area contributed by atoms with Crippen LogP contribution in [0.5, 0.6) is 11.5 Å². The van der Waals surface area contributed by atoms with E-state index in [-0.39, 0.29) is 0 Å². The molecular weight excluding hydrogens is 342 g/mol. The minimum Gasteiger partial charge on any atom is -0.493 e. The minimum atomic E-state index is 0.366. The molecule has 0 saturated carbocycles. The smallest absolute Gasteiger partial charge is 0.161 e. The molecule has 132 valence electrons. The fraction of sp³-hybridized carbons (Fsp3) is 0.227. The third-order valence-electron chi connectivity index (χ3n) is 4.80. The van der Waals surface area contributed by atoms with Crippen molar-refractivity contribution in [3.63, 3.8) is 0 Å². The maximum atomic E-state index is 5.46. The number of hydrogen-bond acceptors (Lipinski definition) is 4. The minimum absolute atomic E-state index is 0.366.